The Bertz CT molecular complexity index is 3800. The van der Waals surface area contributed by atoms with Gasteiger partial charge in [0.1, 0.15) is 42.5 Å². The zero-order valence-electron chi connectivity index (χ0n) is 48.6. The molecule has 0 spiro atoms. The molecule has 0 saturated carbocycles. The number of phenols is 1. The van der Waals surface area contributed by atoms with Gasteiger partial charge >= 0.3 is 30.0 Å². The monoisotopic (exact) mass is 1140 g/mol. The molecule has 10 rings (SSSR count). The summed E-state index contributed by atoms with van der Waals surface area (Å²) in [4.78, 5) is 103. The zero-order chi connectivity index (χ0) is 59.9. The number of fused-ring (bicyclic) bond motifs is 10. The van der Waals surface area contributed by atoms with Crippen molar-refractivity contribution >= 4 is 60.2 Å². The first-order chi connectivity index (χ1) is 38.3. The van der Waals surface area contributed by atoms with Crippen molar-refractivity contribution < 1.29 is 67.0 Å². The highest BCUT2D eigenvalue weighted by atomic mass is 28.4. The molecular weight excluding hydrogens is 1070 g/mol. The lowest BCUT2D eigenvalue weighted by Crippen LogP contribution is -2.50. The van der Waals surface area contributed by atoms with Gasteiger partial charge in [0.15, 0.2) is 8.32 Å². The molecule has 4 aliphatic heterocycles. The second kappa shape index (κ2) is 21.2. The second-order valence-electron chi connectivity index (χ2n) is 24.0. The molecule has 4 atom stereocenters. The van der Waals surface area contributed by atoms with Crippen LogP contribution in [0, 0.1) is 0 Å². The Hall–Kier alpha value is -7.79. The number of aromatic nitrogens is 4. The van der Waals surface area contributed by atoms with E-state index in [0.29, 0.717) is 57.1 Å². The number of aromatic hydroxyl groups is 1. The van der Waals surface area contributed by atoms with Gasteiger partial charge < -0.3 is 57.1 Å². The Balaban J connectivity index is 0.000000203. The molecule has 0 saturated heterocycles. The van der Waals surface area contributed by atoms with E-state index in [1.54, 1.807) is 93.1 Å². The average molecular weight is 1140 g/mol. The lowest BCUT2D eigenvalue weighted by atomic mass is 9.85. The minimum atomic E-state index is -2.34. The molecule has 2 aromatic carbocycles. The van der Waals surface area contributed by atoms with E-state index < -0.39 is 67.4 Å². The van der Waals surface area contributed by atoms with Crippen LogP contribution in [0.5, 0.6) is 11.5 Å². The molecule has 0 radical (unpaired) electrons. The van der Waals surface area contributed by atoms with Gasteiger partial charge in [0, 0.05) is 45.1 Å². The highest BCUT2D eigenvalue weighted by Crippen LogP contribution is 2.45. The highest BCUT2D eigenvalue weighted by molar-refractivity contribution is 6.74. The van der Waals surface area contributed by atoms with Crippen molar-refractivity contribution in [2.75, 3.05) is 14.1 Å². The number of ether oxygens (including phenoxy) is 6. The number of hydrogen-bond acceptors (Lipinski definition) is 19. The Kier molecular flexibility index (Phi) is 15.2. The summed E-state index contributed by atoms with van der Waals surface area (Å²) in [6.07, 6.45) is -3.13. The van der Waals surface area contributed by atoms with Gasteiger partial charge in [-0.1, -0.05) is 34.6 Å². The first-order valence-electron chi connectivity index (χ1n) is 27.2. The van der Waals surface area contributed by atoms with E-state index in [-0.39, 0.29) is 77.7 Å². The van der Waals surface area contributed by atoms with Gasteiger partial charge in [-0.15, -0.1) is 0 Å². The third kappa shape index (κ3) is 10.4. The number of nitrogens with zero attached hydrogens (tertiary/aromatic N) is 5. The molecule has 6 aromatic rings. The number of aliphatic hydroxyl groups excluding tert-OH is 1. The standard InChI is InChI=1S/C34H42N2O9Si.C26H27N3O7/c1-11-34(43-29(38)19(2)45-46(9,10)33(6,7)8)24-16-26-27-21(17-36(26)28(37)23(24)18-41-30(34)39)14-20-15-22(12-13-25(20)35-27)42-31(40)44-32(3,4)5;1-5-26(36-24(33)13(2)30)18-9-20-22-14(10-29(20)23(32)17(18)12-35-25(26)34)8-15-16(11-28(3)4)21(31)7-6-19(15)27-22/h12-16,19H,11,17-18H2,1-10H3;6-9,13,30-31H,5,10-12H2,1-4H3/t19-,34+;13-,26+/m11/s1. The van der Waals surface area contributed by atoms with Crippen molar-refractivity contribution in [3.63, 3.8) is 0 Å². The Labute approximate surface area is 474 Å². The third-order valence-corrected chi connectivity index (χ3v) is 20.3. The molecule has 0 unspecified atom stereocenters. The van der Waals surface area contributed by atoms with Crippen LogP contribution < -0.4 is 15.9 Å². The van der Waals surface area contributed by atoms with Crippen LogP contribution in [-0.4, -0.2) is 104 Å². The van der Waals surface area contributed by atoms with Crippen molar-refractivity contribution in [2.45, 2.75) is 162 Å². The summed E-state index contributed by atoms with van der Waals surface area (Å²) >= 11 is 0. The maximum absolute atomic E-state index is 13.9. The number of benzene rings is 2. The molecule has 8 heterocycles. The van der Waals surface area contributed by atoms with Gasteiger partial charge in [-0.25, -0.2) is 33.9 Å². The summed E-state index contributed by atoms with van der Waals surface area (Å²) in [5.74, 6) is -2.75. The Morgan fingerprint density at radius 3 is 1.76 bits per heavy atom. The van der Waals surface area contributed by atoms with E-state index in [0.717, 1.165) is 22.1 Å². The third-order valence-electron chi connectivity index (χ3n) is 15.8. The lowest BCUT2D eigenvalue weighted by Gasteiger charge is -2.39. The fraction of sp³-hybridized carbons (Fsp3) is 0.450. The minimum Gasteiger partial charge on any atom is -0.508 e. The zero-order valence-corrected chi connectivity index (χ0v) is 49.6. The number of carbonyl (C=O) groups excluding carboxylic acids is 5. The molecule has 82 heavy (non-hydrogen) atoms. The SMILES string of the molecule is CC[C@@]1(OC(=O)[C@@H](C)O)C(=O)OCc2c1cc1n(c2=O)Cc2cc3c(CN(C)C)c(O)ccc3nc2-1.CC[C@@]1(OC(=O)[C@@H](C)O[Si](C)(C)C(C)(C)C)C(=O)OCc2c1cc1n(c2=O)Cc2cc3cc(OC(=O)OC(C)(C)C)ccc3nc2-1. The topological polar surface area (TPSA) is 263 Å². The normalized spacial score (nSPS) is 18.6. The van der Waals surface area contributed by atoms with Crippen LogP contribution in [-0.2, 0) is 91.3 Å². The van der Waals surface area contributed by atoms with Gasteiger partial charge in [-0.05, 0) is 134 Å². The molecule has 434 valence electrons. The summed E-state index contributed by atoms with van der Waals surface area (Å²) in [7, 11) is 1.48. The van der Waals surface area contributed by atoms with Crippen LogP contribution in [0.15, 0.2) is 64.2 Å². The summed E-state index contributed by atoms with van der Waals surface area (Å²) in [5.41, 5.74) is 1.66. The molecule has 4 aromatic heterocycles. The van der Waals surface area contributed by atoms with Crippen molar-refractivity contribution in [1.29, 1.82) is 0 Å². The summed E-state index contributed by atoms with van der Waals surface area (Å²) in [6, 6.07) is 15.6. The fourth-order valence-corrected chi connectivity index (χ4v) is 11.8. The first kappa shape index (κ1) is 58.8. The van der Waals surface area contributed by atoms with Gasteiger partial charge in [0.25, 0.3) is 11.1 Å². The summed E-state index contributed by atoms with van der Waals surface area (Å²) < 4.78 is 42.3. The number of phenolic OH excluding ortho intramolecular Hbond substituents is 1. The van der Waals surface area contributed by atoms with Crippen LogP contribution >= 0.6 is 0 Å². The number of rotatable bonds is 11. The van der Waals surface area contributed by atoms with Crippen molar-refractivity contribution in [2.24, 2.45) is 0 Å². The minimum absolute atomic E-state index is 0.0192. The molecular formula is C60H69N5O16Si. The van der Waals surface area contributed by atoms with Gasteiger partial charge in [-0.3, -0.25) is 9.59 Å². The van der Waals surface area contributed by atoms with E-state index in [9.17, 15) is 43.8 Å². The Morgan fingerprint density at radius 1 is 0.744 bits per heavy atom. The smallest absolute Gasteiger partial charge is 0.508 e. The van der Waals surface area contributed by atoms with Crippen molar-refractivity contribution in [3.05, 3.63) is 114 Å². The maximum atomic E-state index is 13.9. The van der Waals surface area contributed by atoms with Gasteiger partial charge in [0.05, 0.1) is 58.0 Å². The van der Waals surface area contributed by atoms with Crippen molar-refractivity contribution in [3.8, 4) is 34.3 Å². The molecule has 0 aliphatic carbocycles. The predicted molar refractivity (Wildman–Crippen MR) is 302 cm³/mol. The number of carbonyl (C=O) groups is 5. The molecule has 0 bridgehead atoms. The molecule has 21 nitrogen and oxygen atoms in total. The van der Waals surface area contributed by atoms with Crippen LogP contribution in [0.1, 0.15) is 121 Å². The van der Waals surface area contributed by atoms with Crippen LogP contribution in [0.25, 0.3) is 44.6 Å². The van der Waals surface area contributed by atoms with Crippen molar-refractivity contribution in [1.82, 2.24) is 24.0 Å². The van der Waals surface area contributed by atoms with E-state index in [4.69, 9.17) is 42.8 Å². The first-order valence-corrected chi connectivity index (χ1v) is 30.1. The highest BCUT2D eigenvalue weighted by Gasteiger charge is 2.53. The van der Waals surface area contributed by atoms with Crippen LogP contribution in [0.4, 0.5) is 4.79 Å². The quantitative estimate of drug-likeness (QED) is 0.0536. The van der Waals surface area contributed by atoms with Gasteiger partial charge in [0.2, 0.25) is 11.2 Å². The van der Waals surface area contributed by atoms with E-state index in [2.05, 4.69) is 20.8 Å². The Morgan fingerprint density at radius 2 is 1.26 bits per heavy atom. The number of hydrogen-bond donors (Lipinski definition) is 2. The predicted octanol–water partition coefficient (Wildman–Crippen LogP) is 8.13. The number of pyridine rings is 4. The largest absolute Gasteiger partial charge is 0.514 e. The van der Waals surface area contributed by atoms with Crippen LogP contribution in [0.2, 0.25) is 18.1 Å². The summed E-state index contributed by atoms with van der Waals surface area (Å²) in [5, 5.41) is 21.5. The molecule has 2 N–H and O–H groups in total. The maximum Gasteiger partial charge on any atom is 0.514 e. The molecule has 0 amide bonds. The average Bonchev–Trinajstić information content (AvgIpc) is 2.14. The number of esters is 4. The molecule has 0 fully saturated rings. The summed E-state index contributed by atoms with van der Waals surface area (Å²) in [6.45, 7) is 22.3. The number of aliphatic hydroxyl groups is 1. The van der Waals surface area contributed by atoms with E-state index in [1.165, 1.54) is 6.92 Å². The number of cyclic esters (lactones) is 2. The van der Waals surface area contributed by atoms with E-state index in [1.807, 2.05) is 44.2 Å². The fourth-order valence-electron chi connectivity index (χ4n) is 10.5. The molecule has 4 aliphatic rings. The molecule has 22 heteroatoms. The van der Waals surface area contributed by atoms with Gasteiger partial charge in [-0.2, -0.15) is 0 Å². The van der Waals surface area contributed by atoms with E-state index >= 15 is 0 Å². The van der Waals surface area contributed by atoms with Crippen LogP contribution in [0.3, 0.4) is 0 Å². The lowest BCUT2D eigenvalue weighted by molar-refractivity contribution is -0.193. The second-order valence-corrected chi connectivity index (χ2v) is 28.7.